The lowest BCUT2D eigenvalue weighted by atomic mass is 10.2. The number of likely N-dealkylation sites (tertiary alicyclic amines) is 1. The molecule has 16 heavy (non-hydrogen) atoms. The van der Waals surface area contributed by atoms with Gasteiger partial charge in [-0.1, -0.05) is 0 Å². The van der Waals surface area contributed by atoms with Gasteiger partial charge in [-0.05, 0) is 31.4 Å². The highest BCUT2D eigenvalue weighted by Gasteiger charge is 2.29. The van der Waals surface area contributed by atoms with Crippen LogP contribution in [0.5, 0.6) is 0 Å². The molecule has 86 valence electrons. The van der Waals surface area contributed by atoms with Crippen molar-refractivity contribution in [2.24, 2.45) is 0 Å². The van der Waals surface area contributed by atoms with E-state index in [4.69, 9.17) is 0 Å². The van der Waals surface area contributed by atoms with Crippen LogP contribution in [0.15, 0.2) is 18.3 Å². The zero-order chi connectivity index (χ0) is 10.8. The van der Waals surface area contributed by atoms with Gasteiger partial charge in [-0.15, -0.1) is 0 Å². The molecule has 2 aliphatic rings. The minimum atomic E-state index is 0.698. The van der Waals surface area contributed by atoms with Gasteiger partial charge in [-0.3, -0.25) is 4.90 Å². The number of nitrogens with zero attached hydrogens (tertiary/aromatic N) is 3. The molecule has 0 bridgehead atoms. The van der Waals surface area contributed by atoms with Gasteiger partial charge in [0, 0.05) is 37.9 Å². The summed E-state index contributed by atoms with van der Waals surface area (Å²) in [7, 11) is 0. The number of nitrogens with one attached hydrogen (secondary N) is 1. The first-order chi connectivity index (χ1) is 7.90. The Balaban J connectivity index is 1.49. The molecule has 0 spiro atoms. The van der Waals surface area contributed by atoms with E-state index in [0.717, 1.165) is 24.8 Å². The lowest BCUT2D eigenvalue weighted by Crippen LogP contribution is -2.33. The van der Waals surface area contributed by atoms with Crippen molar-refractivity contribution in [1.29, 1.82) is 0 Å². The number of hydrogen-bond acceptors (Lipinski definition) is 4. The maximum absolute atomic E-state index is 4.13. The van der Waals surface area contributed by atoms with E-state index >= 15 is 0 Å². The summed E-state index contributed by atoms with van der Waals surface area (Å²) in [5.74, 6) is 0. The lowest BCUT2D eigenvalue weighted by Gasteiger charge is -2.15. The molecule has 0 radical (unpaired) electrons. The molecule has 1 aromatic heterocycles. The van der Waals surface area contributed by atoms with Crippen LogP contribution < -0.4 is 5.32 Å². The standard InChI is InChI=1S/C12H18N4/c1-2-12(15-13-6-1)9-16-7-5-11(8-16)14-10-3-4-10/h1-2,6,10-11,14H,3-5,7-9H2. The second-order valence-corrected chi connectivity index (χ2v) is 4.88. The average Bonchev–Trinajstić information content (AvgIpc) is 3.01. The first-order valence-corrected chi connectivity index (χ1v) is 6.15. The number of hydrogen-bond donors (Lipinski definition) is 1. The normalized spacial score (nSPS) is 26.1. The summed E-state index contributed by atoms with van der Waals surface area (Å²) in [6.07, 6.45) is 5.75. The maximum Gasteiger partial charge on any atom is 0.0771 e. The molecule has 1 atom stereocenters. The van der Waals surface area contributed by atoms with E-state index in [2.05, 4.69) is 26.5 Å². The van der Waals surface area contributed by atoms with E-state index in [0.29, 0.717) is 6.04 Å². The van der Waals surface area contributed by atoms with Gasteiger partial charge in [0.2, 0.25) is 0 Å². The number of aromatic nitrogens is 2. The summed E-state index contributed by atoms with van der Waals surface area (Å²) in [4.78, 5) is 2.46. The van der Waals surface area contributed by atoms with Crippen molar-refractivity contribution in [2.75, 3.05) is 13.1 Å². The van der Waals surface area contributed by atoms with Crippen LogP contribution in [0.4, 0.5) is 0 Å². The van der Waals surface area contributed by atoms with Crippen LogP contribution in [0, 0.1) is 0 Å². The van der Waals surface area contributed by atoms with Crippen molar-refractivity contribution in [1.82, 2.24) is 20.4 Å². The monoisotopic (exact) mass is 218 g/mol. The summed E-state index contributed by atoms with van der Waals surface area (Å²) < 4.78 is 0. The van der Waals surface area contributed by atoms with Gasteiger partial charge < -0.3 is 5.32 Å². The molecule has 3 rings (SSSR count). The molecule has 1 saturated carbocycles. The van der Waals surface area contributed by atoms with Crippen molar-refractivity contribution in [2.45, 2.75) is 37.9 Å². The van der Waals surface area contributed by atoms with E-state index < -0.39 is 0 Å². The fraction of sp³-hybridized carbons (Fsp3) is 0.667. The van der Waals surface area contributed by atoms with Crippen LogP contribution in [0.3, 0.4) is 0 Å². The highest BCUT2D eigenvalue weighted by atomic mass is 15.2. The third-order valence-corrected chi connectivity index (χ3v) is 3.33. The summed E-state index contributed by atoms with van der Waals surface area (Å²) in [5.41, 5.74) is 1.08. The molecule has 1 aliphatic carbocycles. The highest BCUT2D eigenvalue weighted by Crippen LogP contribution is 2.22. The van der Waals surface area contributed by atoms with Gasteiger partial charge >= 0.3 is 0 Å². The zero-order valence-electron chi connectivity index (χ0n) is 9.47. The molecular weight excluding hydrogens is 200 g/mol. The Morgan fingerprint density at radius 3 is 3.00 bits per heavy atom. The third-order valence-electron chi connectivity index (χ3n) is 3.33. The maximum atomic E-state index is 4.13. The van der Waals surface area contributed by atoms with Crippen molar-refractivity contribution in [3.8, 4) is 0 Å². The SMILES string of the molecule is c1cnnc(CN2CCC(NC3CC3)C2)c1. The predicted molar refractivity (Wildman–Crippen MR) is 61.9 cm³/mol. The van der Waals surface area contributed by atoms with E-state index in [-0.39, 0.29) is 0 Å². The lowest BCUT2D eigenvalue weighted by molar-refractivity contribution is 0.314. The summed E-state index contributed by atoms with van der Waals surface area (Å²) in [6, 6.07) is 5.53. The van der Waals surface area contributed by atoms with Crippen LogP contribution in [-0.4, -0.2) is 40.3 Å². The van der Waals surface area contributed by atoms with Crippen LogP contribution in [-0.2, 0) is 6.54 Å². The Kier molecular flexibility index (Phi) is 2.84. The van der Waals surface area contributed by atoms with E-state index in [1.165, 1.54) is 25.8 Å². The largest absolute Gasteiger partial charge is 0.310 e. The Morgan fingerprint density at radius 1 is 1.31 bits per heavy atom. The molecule has 1 N–H and O–H groups in total. The van der Waals surface area contributed by atoms with Crippen molar-refractivity contribution in [3.05, 3.63) is 24.0 Å². The molecule has 4 nitrogen and oxygen atoms in total. The van der Waals surface area contributed by atoms with Crippen molar-refractivity contribution < 1.29 is 0 Å². The van der Waals surface area contributed by atoms with Crippen LogP contribution >= 0.6 is 0 Å². The molecule has 4 heteroatoms. The van der Waals surface area contributed by atoms with Gasteiger partial charge in [0.15, 0.2) is 0 Å². The van der Waals surface area contributed by atoms with Crippen LogP contribution in [0.25, 0.3) is 0 Å². The van der Waals surface area contributed by atoms with Crippen LogP contribution in [0.1, 0.15) is 25.0 Å². The van der Waals surface area contributed by atoms with E-state index in [9.17, 15) is 0 Å². The summed E-state index contributed by atoms with van der Waals surface area (Å²) >= 11 is 0. The van der Waals surface area contributed by atoms with Gasteiger partial charge in [0.05, 0.1) is 5.69 Å². The Labute approximate surface area is 96.1 Å². The smallest absolute Gasteiger partial charge is 0.0771 e. The second kappa shape index (κ2) is 4.47. The third kappa shape index (κ3) is 2.57. The first kappa shape index (κ1) is 10.2. The molecule has 1 saturated heterocycles. The van der Waals surface area contributed by atoms with Gasteiger partial charge in [-0.2, -0.15) is 10.2 Å². The molecule has 1 unspecified atom stereocenters. The molecule has 0 aromatic carbocycles. The number of rotatable bonds is 4. The van der Waals surface area contributed by atoms with E-state index in [1.54, 1.807) is 6.20 Å². The predicted octanol–water partition coefficient (Wildman–Crippen LogP) is 0.803. The average molecular weight is 218 g/mol. The fourth-order valence-corrected chi connectivity index (χ4v) is 2.34. The molecular formula is C12H18N4. The minimum Gasteiger partial charge on any atom is -0.310 e. The molecule has 1 aromatic rings. The van der Waals surface area contributed by atoms with Gasteiger partial charge in [0.1, 0.15) is 0 Å². The molecule has 2 heterocycles. The van der Waals surface area contributed by atoms with Crippen molar-refractivity contribution in [3.63, 3.8) is 0 Å². The van der Waals surface area contributed by atoms with Gasteiger partial charge in [-0.25, -0.2) is 0 Å². The minimum absolute atomic E-state index is 0.698. The highest BCUT2D eigenvalue weighted by molar-refractivity contribution is 5.00. The summed E-state index contributed by atoms with van der Waals surface area (Å²) in [6.45, 7) is 3.28. The Hall–Kier alpha value is -1.00. The molecule has 1 aliphatic heterocycles. The Morgan fingerprint density at radius 2 is 2.25 bits per heavy atom. The zero-order valence-corrected chi connectivity index (χ0v) is 9.47. The summed E-state index contributed by atoms with van der Waals surface area (Å²) in [5, 5.41) is 11.7. The first-order valence-electron chi connectivity index (χ1n) is 6.15. The fourth-order valence-electron chi connectivity index (χ4n) is 2.34. The van der Waals surface area contributed by atoms with E-state index in [1.807, 2.05) is 6.07 Å². The van der Waals surface area contributed by atoms with Crippen LogP contribution in [0.2, 0.25) is 0 Å². The van der Waals surface area contributed by atoms with Crippen molar-refractivity contribution >= 4 is 0 Å². The topological polar surface area (TPSA) is 41.1 Å². The molecule has 0 amide bonds. The quantitative estimate of drug-likeness (QED) is 0.811. The Bertz CT molecular complexity index is 336. The van der Waals surface area contributed by atoms with Gasteiger partial charge in [0.25, 0.3) is 0 Å². The second-order valence-electron chi connectivity index (χ2n) is 4.88. The molecule has 2 fully saturated rings.